The van der Waals surface area contributed by atoms with Crippen LogP contribution in [0.3, 0.4) is 0 Å². The zero-order valence-electron chi connectivity index (χ0n) is 32.4. The van der Waals surface area contributed by atoms with Crippen LogP contribution in [0.5, 0.6) is 0 Å². The fourth-order valence-corrected chi connectivity index (χ4v) is 10.8. The minimum Gasteiger partial charge on any atom is -0.443 e. The van der Waals surface area contributed by atoms with Crippen molar-refractivity contribution in [2.45, 2.75) is 52.7 Å². The highest BCUT2D eigenvalue weighted by atomic mass is 32.1. The molecule has 0 aliphatic carbocycles. The normalized spacial score (nSPS) is 12.2. The van der Waals surface area contributed by atoms with E-state index in [1.807, 2.05) is 47.2 Å². The lowest BCUT2D eigenvalue weighted by Crippen LogP contribution is -2.29. The van der Waals surface area contributed by atoms with Gasteiger partial charge in [0.15, 0.2) is 10.9 Å². The largest absolute Gasteiger partial charge is 0.443 e. The predicted molar refractivity (Wildman–Crippen MR) is 242 cm³/mol. The molecule has 0 aliphatic rings. The Morgan fingerprint density at radius 2 is 0.845 bits per heavy atom. The molecular formula is C46H36N2O6S4. The molecule has 0 spiro atoms. The predicted octanol–water partition coefficient (Wildman–Crippen LogP) is 13.1. The van der Waals surface area contributed by atoms with Crippen molar-refractivity contribution in [1.29, 1.82) is 0 Å². The van der Waals surface area contributed by atoms with Gasteiger partial charge < -0.3 is 9.47 Å². The number of fused-ring (bicyclic) bond motifs is 4. The summed E-state index contributed by atoms with van der Waals surface area (Å²) in [6.07, 6.45) is -1.42. The molecule has 6 aromatic heterocycles. The monoisotopic (exact) mass is 840 g/mol. The van der Waals surface area contributed by atoms with Crippen molar-refractivity contribution in [3.05, 3.63) is 128 Å². The number of hydrogen-bond donors (Lipinski definition) is 0. The zero-order chi connectivity index (χ0) is 40.7. The van der Waals surface area contributed by atoms with E-state index >= 15 is 0 Å². The van der Waals surface area contributed by atoms with Gasteiger partial charge in [-0.05, 0) is 136 Å². The van der Waals surface area contributed by atoms with Crippen LogP contribution in [-0.2, 0) is 9.47 Å². The third-order valence-electron chi connectivity index (χ3n) is 9.51. The van der Waals surface area contributed by atoms with Gasteiger partial charge in [0.1, 0.15) is 11.2 Å². The van der Waals surface area contributed by atoms with E-state index in [1.165, 1.54) is 21.3 Å². The summed E-state index contributed by atoms with van der Waals surface area (Å²) in [5.74, 6) is 0. The highest BCUT2D eigenvalue weighted by molar-refractivity contribution is 7.23. The number of pyridine rings is 2. The lowest BCUT2D eigenvalue weighted by molar-refractivity contribution is 0.0538. The van der Waals surface area contributed by atoms with Gasteiger partial charge in [-0.3, -0.25) is 9.59 Å². The number of carbonyl (C=O) groups is 2. The van der Waals surface area contributed by atoms with Crippen molar-refractivity contribution in [2.75, 3.05) is 0 Å². The molecular weight excluding hydrogens is 805 g/mol. The number of carbonyl (C=O) groups excluding carboxylic acids is 2. The van der Waals surface area contributed by atoms with Crippen LogP contribution in [0.25, 0.3) is 84.0 Å². The van der Waals surface area contributed by atoms with Crippen molar-refractivity contribution in [3.63, 3.8) is 0 Å². The van der Waals surface area contributed by atoms with E-state index in [0.717, 1.165) is 40.4 Å². The molecule has 6 heterocycles. The first kappa shape index (κ1) is 37.9. The Kier molecular flexibility index (Phi) is 9.16. The second-order valence-electron chi connectivity index (χ2n) is 15.9. The average Bonchev–Trinajstić information content (AvgIpc) is 4.01. The fourth-order valence-electron chi connectivity index (χ4n) is 7.09. The van der Waals surface area contributed by atoms with Crippen LogP contribution < -0.4 is 10.9 Å². The average molecular weight is 841 g/mol. The standard InChI is InChI=1S/C46H36N2O6S4/c1-45(2,3)53-43(51)47-31-13-11-25(35-15-17-39(57-35)37-9-7-19-55-37)21-27(31)41(49)29-24-34-30(23-33(29)47)42(50)28-22-26(36-16-18-40(58-36)38-10-8-20-56-38)12-14-32(28)48(34)44(52)54-46(4,5)6/h7-24H,1-6H3. The molecule has 0 unspecified atom stereocenters. The molecule has 8 nitrogen and oxygen atoms in total. The van der Waals surface area contributed by atoms with E-state index < -0.39 is 23.4 Å². The van der Waals surface area contributed by atoms with Crippen molar-refractivity contribution >= 4 is 101 Å². The molecule has 0 saturated carbocycles. The van der Waals surface area contributed by atoms with Crippen LogP contribution in [0.15, 0.2) is 117 Å². The molecule has 12 heteroatoms. The molecule has 0 aliphatic heterocycles. The maximum Gasteiger partial charge on any atom is 0.419 e. The molecule has 0 fully saturated rings. The second-order valence-corrected chi connectivity index (χ2v) is 20.0. The molecule has 0 amide bonds. The van der Waals surface area contributed by atoms with Gasteiger partial charge in [-0.15, -0.1) is 45.3 Å². The lowest BCUT2D eigenvalue weighted by atomic mass is 10.0. The Morgan fingerprint density at radius 3 is 1.21 bits per heavy atom. The molecule has 0 saturated heterocycles. The van der Waals surface area contributed by atoms with Crippen molar-refractivity contribution in [2.24, 2.45) is 0 Å². The molecule has 0 radical (unpaired) electrons. The smallest absolute Gasteiger partial charge is 0.419 e. The number of aromatic nitrogens is 2. The quantitative estimate of drug-likeness (QED) is 0.164. The topological polar surface area (TPSA) is 96.6 Å². The van der Waals surface area contributed by atoms with E-state index in [2.05, 4.69) is 24.3 Å². The van der Waals surface area contributed by atoms with E-state index in [0.29, 0.717) is 11.0 Å². The zero-order valence-corrected chi connectivity index (χ0v) is 35.6. The molecule has 58 heavy (non-hydrogen) atoms. The minimum atomic E-state index is -0.869. The molecule has 0 N–H and O–H groups in total. The number of rotatable bonds is 4. The SMILES string of the molecule is CC(C)(C)OC(=O)n1c2ccc(-c3ccc(-c4cccs4)s3)cc2c(=O)c2cc3c(cc21)c(=O)c1cc(-c2ccc(-c4cccs4)s2)ccc1n3C(=O)OC(C)(C)C. The number of ether oxygens (including phenoxy) is 2. The van der Waals surface area contributed by atoms with Crippen LogP contribution in [0.4, 0.5) is 9.59 Å². The van der Waals surface area contributed by atoms with Crippen molar-refractivity contribution < 1.29 is 19.1 Å². The van der Waals surface area contributed by atoms with Gasteiger partial charge in [-0.1, -0.05) is 24.3 Å². The summed E-state index contributed by atoms with van der Waals surface area (Å²) in [7, 11) is 0. The molecule has 290 valence electrons. The van der Waals surface area contributed by atoms with Gasteiger partial charge in [-0.2, -0.15) is 0 Å². The van der Waals surface area contributed by atoms with Gasteiger partial charge in [0, 0.05) is 50.8 Å². The number of hydrogen-bond acceptors (Lipinski definition) is 10. The van der Waals surface area contributed by atoms with E-state index in [1.54, 1.807) is 111 Å². The summed E-state index contributed by atoms with van der Waals surface area (Å²) >= 11 is 6.55. The third-order valence-corrected chi connectivity index (χ3v) is 13.9. The van der Waals surface area contributed by atoms with Crippen LogP contribution in [0.1, 0.15) is 41.5 Å². The van der Waals surface area contributed by atoms with Gasteiger partial charge >= 0.3 is 12.2 Å². The summed E-state index contributed by atoms with van der Waals surface area (Å²) in [5, 5.41) is 4.93. The van der Waals surface area contributed by atoms with Gasteiger partial charge in [0.2, 0.25) is 0 Å². The van der Waals surface area contributed by atoms with Gasteiger partial charge in [0.25, 0.3) is 0 Å². The van der Waals surface area contributed by atoms with Crippen molar-refractivity contribution in [3.8, 4) is 40.4 Å². The summed E-state index contributed by atoms with van der Waals surface area (Å²) in [6.45, 7) is 10.6. The highest BCUT2D eigenvalue weighted by Gasteiger charge is 2.27. The van der Waals surface area contributed by atoms with Crippen LogP contribution in [0.2, 0.25) is 0 Å². The van der Waals surface area contributed by atoms with E-state index in [9.17, 15) is 19.2 Å². The second kappa shape index (κ2) is 14.0. The molecule has 0 atom stereocenters. The molecule has 9 rings (SSSR count). The number of benzene rings is 3. The van der Waals surface area contributed by atoms with Crippen LogP contribution in [0, 0.1) is 0 Å². The summed E-state index contributed by atoms with van der Waals surface area (Å²) in [6, 6.07) is 30.3. The van der Waals surface area contributed by atoms with Crippen LogP contribution >= 0.6 is 45.3 Å². The minimum absolute atomic E-state index is 0.140. The van der Waals surface area contributed by atoms with Crippen molar-refractivity contribution in [1.82, 2.24) is 9.13 Å². The Morgan fingerprint density at radius 1 is 0.466 bits per heavy atom. The Bertz CT molecular complexity index is 3010. The molecule has 9 aromatic rings. The Labute approximate surface area is 348 Å². The molecule has 0 bridgehead atoms. The highest BCUT2D eigenvalue weighted by Crippen LogP contribution is 2.39. The summed E-state index contributed by atoms with van der Waals surface area (Å²) in [5.41, 5.74) is 0.207. The van der Waals surface area contributed by atoms with Crippen LogP contribution in [-0.4, -0.2) is 32.5 Å². The first-order chi connectivity index (χ1) is 27.6. The Hall–Kier alpha value is -5.66. The number of thiophene rings is 4. The van der Waals surface area contributed by atoms with Gasteiger partial charge in [0.05, 0.1) is 22.1 Å². The maximum atomic E-state index is 14.8. The third kappa shape index (κ3) is 6.79. The summed E-state index contributed by atoms with van der Waals surface area (Å²) in [4.78, 5) is 64.4. The first-order valence-corrected chi connectivity index (χ1v) is 21.9. The van der Waals surface area contributed by atoms with Gasteiger partial charge in [-0.25, -0.2) is 18.7 Å². The lowest BCUT2D eigenvalue weighted by Gasteiger charge is -2.23. The fraction of sp³-hybridized carbons (Fsp3) is 0.174. The number of nitrogens with zero attached hydrogens (tertiary/aromatic N) is 2. The summed E-state index contributed by atoms with van der Waals surface area (Å²) < 4.78 is 14.6. The van der Waals surface area contributed by atoms with E-state index in [4.69, 9.17) is 9.47 Å². The Balaban J connectivity index is 1.32. The maximum absolute atomic E-state index is 14.8. The van der Waals surface area contributed by atoms with E-state index in [-0.39, 0.29) is 43.4 Å². The molecule has 3 aromatic carbocycles. The first-order valence-electron chi connectivity index (χ1n) is 18.5.